The molecule has 1 amide bonds. The molecule has 1 aliphatic rings. The number of Topliss-reactive ketones (excluding diaryl/α,β-unsaturated/α-hetero) is 1. The number of aliphatic hydroxyl groups is 1. The molecule has 0 bridgehead atoms. The molecular formula is C28H35NO5. The van der Waals surface area contributed by atoms with E-state index >= 15 is 0 Å². The van der Waals surface area contributed by atoms with Gasteiger partial charge in [0, 0.05) is 17.7 Å². The number of para-hydroxylation sites is 1. The van der Waals surface area contributed by atoms with E-state index in [9.17, 15) is 14.7 Å². The molecule has 1 aliphatic heterocycles. The Morgan fingerprint density at radius 2 is 1.76 bits per heavy atom. The minimum Gasteiger partial charge on any atom is -0.507 e. The normalized spacial score (nSPS) is 17.6. The van der Waals surface area contributed by atoms with Crippen molar-refractivity contribution in [2.75, 3.05) is 13.2 Å². The highest BCUT2D eigenvalue weighted by Gasteiger charge is 2.46. The minimum atomic E-state index is -0.730. The van der Waals surface area contributed by atoms with E-state index in [1.807, 2.05) is 52.0 Å². The number of benzene rings is 2. The lowest BCUT2D eigenvalue weighted by Crippen LogP contribution is -2.30. The van der Waals surface area contributed by atoms with Crippen LogP contribution in [0.4, 0.5) is 0 Å². The number of ketones is 1. The molecule has 0 spiro atoms. The number of hydrogen-bond donors (Lipinski definition) is 1. The van der Waals surface area contributed by atoms with Crippen LogP contribution in [0.2, 0.25) is 0 Å². The lowest BCUT2D eigenvalue weighted by atomic mass is 9.94. The van der Waals surface area contributed by atoms with Crippen LogP contribution in [0.15, 0.2) is 48.0 Å². The number of hydrogen-bond acceptors (Lipinski definition) is 5. The van der Waals surface area contributed by atoms with Gasteiger partial charge < -0.3 is 19.5 Å². The van der Waals surface area contributed by atoms with E-state index in [0.717, 1.165) is 11.3 Å². The summed E-state index contributed by atoms with van der Waals surface area (Å²) in [5.74, 6) is 0.207. The average molecular weight is 466 g/mol. The molecule has 0 radical (unpaired) electrons. The maximum absolute atomic E-state index is 13.2. The Balaban J connectivity index is 2.13. The number of aliphatic hydroxyl groups excluding tert-OH is 1. The van der Waals surface area contributed by atoms with Crippen molar-refractivity contribution in [2.24, 2.45) is 5.92 Å². The first-order valence-corrected chi connectivity index (χ1v) is 11.9. The molecule has 6 nitrogen and oxygen atoms in total. The third-order valence-corrected chi connectivity index (χ3v) is 5.60. The lowest BCUT2D eigenvalue weighted by Gasteiger charge is -2.27. The monoisotopic (exact) mass is 465 g/mol. The first-order valence-electron chi connectivity index (χ1n) is 11.9. The van der Waals surface area contributed by atoms with Gasteiger partial charge in [0.15, 0.2) is 0 Å². The van der Waals surface area contributed by atoms with Crippen molar-refractivity contribution < 1.29 is 24.2 Å². The molecule has 3 rings (SSSR count). The first-order chi connectivity index (χ1) is 16.1. The Labute approximate surface area is 202 Å². The van der Waals surface area contributed by atoms with Gasteiger partial charge in [-0.1, -0.05) is 39.0 Å². The van der Waals surface area contributed by atoms with E-state index in [4.69, 9.17) is 9.47 Å². The van der Waals surface area contributed by atoms with E-state index in [1.54, 1.807) is 18.2 Å². The van der Waals surface area contributed by atoms with Crippen LogP contribution in [0.25, 0.3) is 5.76 Å². The zero-order valence-electron chi connectivity index (χ0n) is 20.9. The van der Waals surface area contributed by atoms with Gasteiger partial charge in [-0.3, -0.25) is 9.59 Å². The summed E-state index contributed by atoms with van der Waals surface area (Å²) in [7, 11) is 0. The summed E-state index contributed by atoms with van der Waals surface area (Å²) < 4.78 is 11.8. The van der Waals surface area contributed by atoms with Gasteiger partial charge in [0.05, 0.1) is 24.3 Å². The van der Waals surface area contributed by atoms with E-state index < -0.39 is 17.7 Å². The van der Waals surface area contributed by atoms with Crippen molar-refractivity contribution in [3.8, 4) is 11.5 Å². The lowest BCUT2D eigenvalue weighted by molar-refractivity contribution is -0.139. The SMILES string of the molecule is CCCN1C(=O)C(=O)/C(=C(\O)c2ccc(OCC(C)C)c(C)c2)C1c1ccccc1OC(C)C. The van der Waals surface area contributed by atoms with Crippen LogP contribution in [0.5, 0.6) is 11.5 Å². The number of likely N-dealkylation sites (tertiary alicyclic amines) is 1. The number of aryl methyl sites for hydroxylation is 1. The van der Waals surface area contributed by atoms with E-state index in [-0.39, 0.29) is 17.4 Å². The zero-order chi connectivity index (χ0) is 25.0. The number of rotatable bonds is 9. The Morgan fingerprint density at radius 1 is 1.06 bits per heavy atom. The van der Waals surface area contributed by atoms with Crippen LogP contribution in [0.1, 0.15) is 63.8 Å². The van der Waals surface area contributed by atoms with Gasteiger partial charge >= 0.3 is 0 Å². The quantitative estimate of drug-likeness (QED) is 0.294. The highest BCUT2D eigenvalue weighted by atomic mass is 16.5. The van der Waals surface area contributed by atoms with Gasteiger partial charge in [-0.25, -0.2) is 0 Å². The number of nitrogens with zero attached hydrogens (tertiary/aromatic N) is 1. The summed E-state index contributed by atoms with van der Waals surface area (Å²) in [4.78, 5) is 27.7. The van der Waals surface area contributed by atoms with E-state index in [2.05, 4.69) is 13.8 Å². The third kappa shape index (κ3) is 5.27. The van der Waals surface area contributed by atoms with Crippen molar-refractivity contribution in [1.29, 1.82) is 0 Å². The van der Waals surface area contributed by atoms with Crippen LogP contribution in [0.3, 0.4) is 0 Å². The summed E-state index contributed by atoms with van der Waals surface area (Å²) >= 11 is 0. The van der Waals surface area contributed by atoms with Gasteiger partial charge in [0.25, 0.3) is 11.7 Å². The van der Waals surface area contributed by atoms with Crippen molar-refractivity contribution in [1.82, 2.24) is 4.90 Å². The second-order valence-corrected chi connectivity index (χ2v) is 9.38. The molecule has 1 heterocycles. The summed E-state index contributed by atoms with van der Waals surface area (Å²) in [6, 6.07) is 11.9. The fourth-order valence-electron chi connectivity index (χ4n) is 4.11. The van der Waals surface area contributed by atoms with Crippen LogP contribution in [-0.4, -0.2) is 41.0 Å². The number of amides is 1. The van der Waals surface area contributed by atoms with Crippen LogP contribution in [0, 0.1) is 12.8 Å². The summed E-state index contributed by atoms with van der Waals surface area (Å²) in [5, 5.41) is 11.3. The first kappa shape index (κ1) is 25.3. The average Bonchev–Trinajstić information content (AvgIpc) is 3.03. The van der Waals surface area contributed by atoms with Gasteiger partial charge in [0.2, 0.25) is 0 Å². The Morgan fingerprint density at radius 3 is 2.38 bits per heavy atom. The highest BCUT2D eigenvalue weighted by molar-refractivity contribution is 6.46. The molecule has 1 fully saturated rings. The Kier molecular flexibility index (Phi) is 8.02. The van der Waals surface area contributed by atoms with Crippen molar-refractivity contribution in [2.45, 2.75) is 60.1 Å². The van der Waals surface area contributed by atoms with Gasteiger partial charge in [0.1, 0.15) is 17.3 Å². The van der Waals surface area contributed by atoms with E-state index in [0.29, 0.717) is 42.4 Å². The smallest absolute Gasteiger partial charge is 0.295 e. The molecule has 1 saturated heterocycles. The summed E-state index contributed by atoms with van der Waals surface area (Å²) in [6.45, 7) is 12.8. The molecule has 34 heavy (non-hydrogen) atoms. The summed E-state index contributed by atoms with van der Waals surface area (Å²) in [5.41, 5.74) is 2.07. The Bertz CT molecular complexity index is 1090. The fraction of sp³-hybridized carbons (Fsp3) is 0.429. The van der Waals surface area contributed by atoms with Crippen LogP contribution >= 0.6 is 0 Å². The third-order valence-electron chi connectivity index (χ3n) is 5.60. The molecule has 0 aromatic heterocycles. The topological polar surface area (TPSA) is 76.1 Å². The molecule has 0 aliphatic carbocycles. The molecular weight excluding hydrogens is 430 g/mol. The minimum absolute atomic E-state index is 0.0773. The second-order valence-electron chi connectivity index (χ2n) is 9.38. The standard InChI is InChI=1S/C28H35NO5/c1-7-14-29-25(21-10-8-9-11-23(21)34-18(4)5)24(27(31)28(29)32)26(30)20-12-13-22(19(6)15-20)33-16-17(2)3/h8-13,15,17-18,25,30H,7,14,16H2,1-6H3/b26-24-. The molecule has 1 N–H and O–H groups in total. The molecule has 2 aromatic carbocycles. The van der Waals surface area contributed by atoms with Gasteiger partial charge in [-0.05, 0) is 62.9 Å². The summed E-state index contributed by atoms with van der Waals surface area (Å²) in [6.07, 6.45) is 0.591. The largest absolute Gasteiger partial charge is 0.507 e. The van der Waals surface area contributed by atoms with Crippen molar-refractivity contribution in [3.63, 3.8) is 0 Å². The predicted molar refractivity (Wildman–Crippen MR) is 133 cm³/mol. The maximum Gasteiger partial charge on any atom is 0.295 e. The highest BCUT2D eigenvalue weighted by Crippen LogP contribution is 2.43. The Hall–Kier alpha value is -3.28. The number of carbonyl (C=O) groups excluding carboxylic acids is 2. The zero-order valence-corrected chi connectivity index (χ0v) is 20.9. The molecule has 1 unspecified atom stereocenters. The van der Waals surface area contributed by atoms with Crippen molar-refractivity contribution >= 4 is 17.4 Å². The fourth-order valence-corrected chi connectivity index (χ4v) is 4.11. The number of carbonyl (C=O) groups is 2. The van der Waals surface area contributed by atoms with E-state index in [1.165, 1.54) is 4.90 Å². The maximum atomic E-state index is 13.2. The van der Waals surface area contributed by atoms with Gasteiger partial charge in [-0.2, -0.15) is 0 Å². The second kappa shape index (κ2) is 10.8. The molecule has 1 atom stereocenters. The number of ether oxygens (including phenoxy) is 2. The van der Waals surface area contributed by atoms with Crippen LogP contribution < -0.4 is 9.47 Å². The van der Waals surface area contributed by atoms with Crippen molar-refractivity contribution in [3.05, 3.63) is 64.7 Å². The van der Waals surface area contributed by atoms with Gasteiger partial charge in [-0.15, -0.1) is 0 Å². The van der Waals surface area contributed by atoms with Crippen LogP contribution in [-0.2, 0) is 9.59 Å². The molecule has 2 aromatic rings. The predicted octanol–water partition coefficient (Wildman–Crippen LogP) is 5.65. The molecule has 6 heteroatoms. The molecule has 182 valence electrons. The molecule has 0 saturated carbocycles.